The molecule has 1 aromatic heterocycles. The first-order valence-electron chi connectivity index (χ1n) is 6.74. The quantitative estimate of drug-likeness (QED) is 0.557. The predicted molar refractivity (Wildman–Crippen MR) is 80.9 cm³/mol. The highest BCUT2D eigenvalue weighted by Crippen LogP contribution is 2.27. The molecule has 0 spiro atoms. The Bertz CT molecular complexity index is 410. The molecule has 0 aliphatic heterocycles. The van der Waals surface area contributed by atoms with Crippen LogP contribution in [0.3, 0.4) is 0 Å². The standard InChI is InChI=1S/C14H22N2O2S/c1-3-5-7-17-12-9-11(14(15)19)16-10-13(12)18-8-6-4-2/h9-10H,3-8H2,1-2H3,(H2,15,19). The van der Waals surface area contributed by atoms with E-state index in [0.717, 1.165) is 25.7 Å². The second-order valence-corrected chi connectivity index (χ2v) is 4.72. The van der Waals surface area contributed by atoms with Crippen molar-refractivity contribution in [1.82, 2.24) is 4.98 Å². The van der Waals surface area contributed by atoms with Crippen molar-refractivity contribution in [3.05, 3.63) is 18.0 Å². The Labute approximate surface area is 120 Å². The molecule has 0 fully saturated rings. The van der Waals surface area contributed by atoms with Gasteiger partial charge in [0, 0.05) is 6.07 Å². The fourth-order valence-corrected chi connectivity index (χ4v) is 1.54. The topological polar surface area (TPSA) is 57.4 Å². The van der Waals surface area contributed by atoms with Crippen LogP contribution in [0.4, 0.5) is 0 Å². The lowest BCUT2D eigenvalue weighted by atomic mass is 10.3. The number of hydrogen-bond acceptors (Lipinski definition) is 4. The van der Waals surface area contributed by atoms with Gasteiger partial charge in [-0.15, -0.1) is 0 Å². The summed E-state index contributed by atoms with van der Waals surface area (Å²) in [5, 5.41) is 0. The minimum Gasteiger partial charge on any atom is -0.490 e. The van der Waals surface area contributed by atoms with E-state index >= 15 is 0 Å². The molecule has 5 heteroatoms. The average Bonchev–Trinajstić information content (AvgIpc) is 2.40. The van der Waals surface area contributed by atoms with E-state index in [1.54, 1.807) is 12.3 Å². The summed E-state index contributed by atoms with van der Waals surface area (Å²) >= 11 is 4.93. The van der Waals surface area contributed by atoms with Gasteiger partial charge in [-0.25, -0.2) is 4.98 Å². The second-order valence-electron chi connectivity index (χ2n) is 4.28. The predicted octanol–water partition coefficient (Wildman–Crippen LogP) is 3.07. The number of nitrogens with two attached hydrogens (primary N) is 1. The zero-order valence-corrected chi connectivity index (χ0v) is 12.5. The van der Waals surface area contributed by atoms with Gasteiger partial charge in [0.25, 0.3) is 0 Å². The summed E-state index contributed by atoms with van der Waals surface area (Å²) in [5.41, 5.74) is 6.14. The van der Waals surface area contributed by atoms with Crippen LogP contribution in [0.2, 0.25) is 0 Å². The van der Waals surface area contributed by atoms with E-state index in [-0.39, 0.29) is 4.99 Å². The van der Waals surface area contributed by atoms with E-state index in [9.17, 15) is 0 Å². The molecule has 1 heterocycles. The summed E-state index contributed by atoms with van der Waals surface area (Å²) in [6.45, 7) is 5.56. The maximum atomic E-state index is 5.72. The van der Waals surface area contributed by atoms with E-state index in [1.165, 1.54) is 0 Å². The highest BCUT2D eigenvalue weighted by atomic mass is 32.1. The number of rotatable bonds is 9. The number of unbranched alkanes of at least 4 members (excludes halogenated alkanes) is 2. The lowest BCUT2D eigenvalue weighted by Crippen LogP contribution is -2.12. The van der Waals surface area contributed by atoms with Gasteiger partial charge in [-0.3, -0.25) is 0 Å². The first-order chi connectivity index (χ1) is 9.19. The van der Waals surface area contributed by atoms with Crippen LogP contribution in [-0.2, 0) is 0 Å². The fraction of sp³-hybridized carbons (Fsp3) is 0.571. The lowest BCUT2D eigenvalue weighted by molar-refractivity contribution is 0.261. The number of thiocarbonyl (C=S) groups is 1. The molecular weight excluding hydrogens is 260 g/mol. The molecule has 0 aliphatic rings. The van der Waals surface area contributed by atoms with E-state index in [1.807, 2.05) is 0 Å². The average molecular weight is 282 g/mol. The number of aromatic nitrogens is 1. The monoisotopic (exact) mass is 282 g/mol. The minimum atomic E-state index is 0.264. The van der Waals surface area contributed by atoms with E-state index < -0.39 is 0 Å². The van der Waals surface area contributed by atoms with Crippen molar-refractivity contribution in [1.29, 1.82) is 0 Å². The summed E-state index contributed by atoms with van der Waals surface area (Å²) in [4.78, 5) is 4.44. The Balaban J connectivity index is 2.78. The Hall–Kier alpha value is -1.36. The largest absolute Gasteiger partial charge is 0.490 e. The molecule has 0 bridgehead atoms. The molecule has 1 aromatic rings. The lowest BCUT2D eigenvalue weighted by Gasteiger charge is -2.13. The van der Waals surface area contributed by atoms with Crippen LogP contribution in [0.15, 0.2) is 12.3 Å². The third kappa shape index (κ3) is 5.42. The number of pyridine rings is 1. The highest BCUT2D eigenvalue weighted by Gasteiger charge is 2.09. The minimum absolute atomic E-state index is 0.264. The number of hydrogen-bond donors (Lipinski definition) is 1. The van der Waals surface area contributed by atoms with Crippen molar-refractivity contribution in [2.24, 2.45) is 5.73 Å². The Morgan fingerprint density at radius 2 is 1.74 bits per heavy atom. The molecule has 0 amide bonds. The molecule has 0 atom stereocenters. The van der Waals surface area contributed by atoms with Crippen LogP contribution in [0, 0.1) is 0 Å². The summed E-state index contributed by atoms with van der Waals surface area (Å²) in [6, 6.07) is 1.75. The molecule has 1 rings (SSSR count). The highest BCUT2D eigenvalue weighted by molar-refractivity contribution is 7.80. The molecule has 0 aromatic carbocycles. The van der Waals surface area contributed by atoms with Crippen LogP contribution in [0.1, 0.15) is 45.2 Å². The summed E-state index contributed by atoms with van der Waals surface area (Å²) in [6.07, 6.45) is 5.81. The summed E-state index contributed by atoms with van der Waals surface area (Å²) in [5.74, 6) is 1.33. The van der Waals surface area contributed by atoms with Crippen LogP contribution in [0.5, 0.6) is 11.5 Å². The third-order valence-electron chi connectivity index (χ3n) is 2.59. The summed E-state index contributed by atoms with van der Waals surface area (Å²) < 4.78 is 11.4. The second kappa shape index (κ2) is 8.69. The van der Waals surface area contributed by atoms with E-state index in [2.05, 4.69) is 18.8 Å². The van der Waals surface area contributed by atoms with Crippen LogP contribution < -0.4 is 15.2 Å². The molecule has 0 unspecified atom stereocenters. The number of nitrogens with zero attached hydrogens (tertiary/aromatic N) is 1. The van der Waals surface area contributed by atoms with Crippen LogP contribution in [0.25, 0.3) is 0 Å². The fourth-order valence-electron chi connectivity index (χ4n) is 1.43. The summed E-state index contributed by atoms with van der Waals surface area (Å²) in [7, 11) is 0. The van der Waals surface area contributed by atoms with Gasteiger partial charge in [-0.05, 0) is 12.8 Å². The van der Waals surface area contributed by atoms with Gasteiger partial charge in [-0.2, -0.15) is 0 Å². The molecular formula is C14H22N2O2S. The maximum Gasteiger partial charge on any atom is 0.179 e. The Morgan fingerprint density at radius 1 is 1.16 bits per heavy atom. The molecule has 106 valence electrons. The molecule has 0 radical (unpaired) electrons. The molecule has 2 N–H and O–H groups in total. The Kier molecular flexibility index (Phi) is 7.18. The first kappa shape index (κ1) is 15.7. The van der Waals surface area contributed by atoms with Gasteiger partial charge < -0.3 is 15.2 Å². The van der Waals surface area contributed by atoms with Gasteiger partial charge in [0.2, 0.25) is 0 Å². The van der Waals surface area contributed by atoms with Gasteiger partial charge in [0.15, 0.2) is 11.5 Å². The van der Waals surface area contributed by atoms with Crippen molar-refractivity contribution < 1.29 is 9.47 Å². The molecule has 0 aliphatic carbocycles. The van der Waals surface area contributed by atoms with Gasteiger partial charge in [-0.1, -0.05) is 38.9 Å². The maximum absolute atomic E-state index is 5.72. The van der Waals surface area contributed by atoms with E-state index in [0.29, 0.717) is 30.4 Å². The van der Waals surface area contributed by atoms with E-state index in [4.69, 9.17) is 27.4 Å². The molecule has 0 saturated carbocycles. The van der Waals surface area contributed by atoms with Crippen LogP contribution in [-0.4, -0.2) is 23.2 Å². The zero-order valence-electron chi connectivity index (χ0n) is 11.6. The van der Waals surface area contributed by atoms with Gasteiger partial charge in [0.1, 0.15) is 10.7 Å². The van der Waals surface area contributed by atoms with Gasteiger partial charge >= 0.3 is 0 Å². The van der Waals surface area contributed by atoms with Crippen molar-refractivity contribution in [3.8, 4) is 11.5 Å². The van der Waals surface area contributed by atoms with Crippen molar-refractivity contribution >= 4 is 17.2 Å². The zero-order chi connectivity index (χ0) is 14.1. The van der Waals surface area contributed by atoms with Crippen LogP contribution >= 0.6 is 12.2 Å². The molecule has 0 saturated heterocycles. The SMILES string of the molecule is CCCCOc1cnc(C(N)=S)cc1OCCCC. The number of ether oxygens (including phenoxy) is 2. The first-order valence-corrected chi connectivity index (χ1v) is 7.15. The normalized spacial score (nSPS) is 10.2. The molecule has 4 nitrogen and oxygen atoms in total. The third-order valence-corrected chi connectivity index (χ3v) is 2.80. The van der Waals surface area contributed by atoms with Crippen molar-refractivity contribution in [2.45, 2.75) is 39.5 Å². The van der Waals surface area contributed by atoms with Crippen molar-refractivity contribution in [3.63, 3.8) is 0 Å². The smallest absolute Gasteiger partial charge is 0.179 e. The van der Waals surface area contributed by atoms with Gasteiger partial charge in [0.05, 0.1) is 19.4 Å². The molecule has 19 heavy (non-hydrogen) atoms. The Morgan fingerprint density at radius 3 is 2.26 bits per heavy atom. The van der Waals surface area contributed by atoms with Crippen molar-refractivity contribution in [2.75, 3.05) is 13.2 Å².